The molecule has 4 bridgehead atoms. The summed E-state index contributed by atoms with van der Waals surface area (Å²) in [4.78, 5) is 140. The minimum Gasteiger partial charge on any atom is -0.454 e. The lowest BCUT2D eigenvalue weighted by molar-refractivity contribution is -0.163. The van der Waals surface area contributed by atoms with Crippen LogP contribution in [0.3, 0.4) is 0 Å². The van der Waals surface area contributed by atoms with Gasteiger partial charge in [0.05, 0.1) is 70.1 Å². The Balaban J connectivity index is 0.000000126. The quantitative estimate of drug-likeness (QED) is 0.134. The summed E-state index contributed by atoms with van der Waals surface area (Å²) in [5.41, 5.74) is -1.99. The second-order valence-electron chi connectivity index (χ2n) is 32.2. The summed E-state index contributed by atoms with van der Waals surface area (Å²) in [7, 11) is 6.31. The molecule has 0 saturated carbocycles. The number of nitrogens with zero attached hydrogens (tertiary/aromatic N) is 13. The third-order valence-electron chi connectivity index (χ3n) is 24.6. The van der Waals surface area contributed by atoms with Crippen LogP contribution < -0.4 is 28.4 Å². The number of ether oxygens (including phenoxy) is 6. The Labute approximate surface area is 685 Å². The number of benzene rings is 3. The van der Waals surface area contributed by atoms with Crippen LogP contribution in [0.5, 0.6) is 34.5 Å². The molecule has 0 N–H and O–H groups in total. The van der Waals surface area contributed by atoms with E-state index in [0.717, 1.165) is 40.3 Å². The van der Waals surface area contributed by atoms with Gasteiger partial charge in [-0.05, 0) is 139 Å². The number of hydrogen-bond acceptors (Lipinski definition) is 28. The van der Waals surface area contributed by atoms with E-state index in [1.54, 1.807) is 118 Å². The predicted molar refractivity (Wildman–Crippen MR) is 421 cm³/mol. The molecule has 4 unspecified atom stereocenters. The molecule has 14 aliphatic rings. The van der Waals surface area contributed by atoms with Crippen molar-refractivity contribution in [1.29, 1.82) is 21.0 Å². The van der Waals surface area contributed by atoms with Gasteiger partial charge in [0.1, 0.15) is 14.6 Å². The molecule has 113 heavy (non-hydrogen) atoms. The van der Waals surface area contributed by atoms with Crippen LogP contribution in [0.4, 0.5) is 0 Å². The number of pyridine rings is 1. The average molecular weight is 1670 g/mol. The molecule has 11 fully saturated rings. The number of thioether (sulfide) groups is 4. The summed E-state index contributed by atoms with van der Waals surface area (Å²) in [5, 5.41) is 39.5. The Kier molecular flexibility index (Phi) is 19.0. The third kappa shape index (κ3) is 11.3. The van der Waals surface area contributed by atoms with Crippen LogP contribution in [-0.4, -0.2) is 194 Å². The van der Waals surface area contributed by atoms with Gasteiger partial charge >= 0.3 is 0 Å². The maximum atomic E-state index is 14.1. The summed E-state index contributed by atoms with van der Waals surface area (Å²) in [5.74, 6) is 1.11. The Hall–Kier alpha value is -9.14. The van der Waals surface area contributed by atoms with Gasteiger partial charge in [-0.1, -0.05) is 71.8 Å². The molecule has 18 rings (SSSR count). The van der Waals surface area contributed by atoms with Gasteiger partial charge < -0.3 is 67.6 Å². The summed E-state index contributed by atoms with van der Waals surface area (Å²) in [6, 6.07) is 26.4. The molecule has 1 aromatic heterocycles. The third-order valence-corrected chi connectivity index (χ3v) is 31.0. The van der Waals surface area contributed by atoms with Crippen LogP contribution in [0.1, 0.15) is 153 Å². The first-order chi connectivity index (χ1) is 52.8. The molecule has 590 valence electrons. The largest absolute Gasteiger partial charge is 0.454 e. The van der Waals surface area contributed by atoms with Crippen LogP contribution >= 0.6 is 84.5 Å². The van der Waals surface area contributed by atoms with Crippen molar-refractivity contribution in [2.24, 2.45) is 21.7 Å². The van der Waals surface area contributed by atoms with Gasteiger partial charge in [0.25, 0.3) is 35.4 Å². The van der Waals surface area contributed by atoms with Crippen LogP contribution in [0.15, 0.2) is 72.9 Å². The number of thiol groups is 2. The molecular weight excluding hydrogens is 1590 g/mol. The lowest BCUT2D eigenvalue weighted by Crippen LogP contribution is -2.71. The molecule has 0 radical (unpaired) electrons. The fraction of sp³-hybridized carbons (Fsp3) is 0.506. The maximum absolute atomic E-state index is 14.1. The minimum atomic E-state index is -1.61. The van der Waals surface area contributed by atoms with Crippen molar-refractivity contribution in [3.05, 3.63) is 101 Å². The number of aromatic nitrogens is 1. The van der Waals surface area contributed by atoms with Crippen molar-refractivity contribution >= 4 is 146 Å². The van der Waals surface area contributed by atoms with Crippen LogP contribution in [0.2, 0.25) is 0 Å². The monoisotopic (exact) mass is 1670 g/mol. The molecule has 2 spiro atoms. The van der Waals surface area contributed by atoms with Gasteiger partial charge in [0.2, 0.25) is 32.2 Å². The molecule has 16 atom stereocenters. The number of likely N-dealkylation sites (tertiary alicyclic amines) is 1. The van der Waals surface area contributed by atoms with Gasteiger partial charge in [-0.2, -0.15) is 21.0 Å². The van der Waals surface area contributed by atoms with E-state index in [4.69, 9.17) is 40.6 Å². The lowest BCUT2D eigenvalue weighted by atomic mass is 9.76. The molecule has 29 nitrogen and oxygen atoms in total. The van der Waals surface area contributed by atoms with E-state index >= 15 is 0 Å². The summed E-state index contributed by atoms with van der Waals surface area (Å²) >= 11 is 18.5. The van der Waals surface area contributed by atoms with E-state index in [-0.39, 0.29) is 85.3 Å². The Morgan fingerprint density at radius 3 is 1.42 bits per heavy atom. The molecule has 4 aromatic rings. The zero-order valence-electron chi connectivity index (χ0n) is 64.2. The van der Waals surface area contributed by atoms with E-state index in [1.165, 1.54) is 82.9 Å². The number of fused-ring (bicyclic) bond motifs is 9. The average Bonchev–Trinajstić information content (AvgIpc) is 1.51. The number of carbonyl (C=O) groups is 10. The smallest absolute Gasteiger partial charge is 0.261 e. The molecule has 15 heterocycles. The molecule has 14 aliphatic heterocycles. The number of aryl methyl sites for hydroxylation is 1. The molecule has 36 heteroatoms. The number of piperazine rings is 4. The standard InChI is InChI=1S/C22H23N3O6S2.C19H17N3O4S3.C18H20N4O2.C18H19N3O4S2/c1-12(26)32-21(4)18(28)25-17(14-6-7-15-16(8-14)31-11-30-15)20(3,10-23)9-22(25,33-13(2)27)19(29)24(21)5;1-17(8-20)7-19-15(24)21(3)18(2,28-16(27)29-19)14(23)22(19)13(17)10-4-5-11-12(6-10)26-9-25-11;1-11-5-6-12(7-20-11)13-16(2,10-19)8-18-9-17(3,14(23)22(13)18)21(4)15(18)24;1-16(8-19)7-18(27)15(23)20(3)17(2,26)14(22)21(18)13(16)10-4-5-11-12(6-10)25-9-24-11/h6-8,17H,9,11H2,1-5H3;4-6,13H,7,9H2,1-3H3;5-7,13H,8-9H2,1-4H3;4-6,13,26-27H,7,9H2,1-3H3/t17?,20-,21+,22+;13?,17-,18+,19+;13?,16-,17-,18+;13?,16-,17+,18+/m1111/s1. The second kappa shape index (κ2) is 26.7. The number of nitriles is 4. The summed E-state index contributed by atoms with van der Waals surface area (Å²) < 4.78 is 33.1. The number of likely N-dealkylation sites (N-methyl/N-ethyl adjacent to an activating group) is 4. The van der Waals surface area contributed by atoms with Crippen molar-refractivity contribution in [2.45, 2.75) is 173 Å². The van der Waals surface area contributed by atoms with Gasteiger partial charge in [0.15, 0.2) is 74.0 Å². The Morgan fingerprint density at radius 2 is 0.929 bits per heavy atom. The number of rotatable bonds is 6. The zero-order valence-corrected chi connectivity index (χ0v) is 70.0. The van der Waals surface area contributed by atoms with Gasteiger partial charge in [0, 0.05) is 86.0 Å². The van der Waals surface area contributed by atoms with E-state index in [0.29, 0.717) is 62.0 Å². The summed E-state index contributed by atoms with van der Waals surface area (Å²) in [6.45, 7) is 18.6. The first-order valence-electron chi connectivity index (χ1n) is 35.8. The van der Waals surface area contributed by atoms with Crippen LogP contribution in [0.25, 0.3) is 0 Å². The number of thiocarbonyl (C=S) groups is 1. The molecule has 8 amide bonds. The van der Waals surface area contributed by atoms with E-state index in [2.05, 4.69) is 54.5 Å². The van der Waals surface area contributed by atoms with E-state index in [1.807, 2.05) is 39.0 Å². The van der Waals surface area contributed by atoms with Crippen molar-refractivity contribution in [3.63, 3.8) is 0 Å². The highest BCUT2D eigenvalue weighted by Gasteiger charge is 2.79. The summed E-state index contributed by atoms with van der Waals surface area (Å²) in [6.07, 6.45) is 2.82. The number of carbonyl (C=O) groups excluding carboxylic acids is 10. The van der Waals surface area contributed by atoms with Gasteiger partial charge in [-0.15, -0.1) is 25.3 Å². The minimum absolute atomic E-state index is 0.0460. The highest BCUT2D eigenvalue weighted by atomic mass is 32.2. The normalized spacial score (nSPS) is 36.6. The number of amides is 8. The highest BCUT2D eigenvalue weighted by molar-refractivity contribution is 8.48. The van der Waals surface area contributed by atoms with Crippen LogP contribution in [0, 0.1) is 73.9 Å². The van der Waals surface area contributed by atoms with Crippen molar-refractivity contribution in [1.82, 2.24) is 44.2 Å². The Morgan fingerprint density at radius 1 is 0.478 bits per heavy atom. The van der Waals surface area contributed by atoms with Crippen LogP contribution in [-0.2, 0) is 47.9 Å². The first kappa shape index (κ1) is 80.5. The fourth-order valence-corrected chi connectivity index (χ4v) is 25.9. The molecular formula is C77H79N13O16S7. The van der Waals surface area contributed by atoms with Gasteiger partial charge in [-0.3, -0.25) is 52.9 Å². The first-order valence-corrected chi connectivity index (χ1v) is 40.4. The second-order valence-corrected chi connectivity index (χ2v) is 40.7. The topological polar surface area (TPSA) is 360 Å². The van der Waals surface area contributed by atoms with Crippen molar-refractivity contribution < 1.29 is 76.4 Å². The SMILES string of the molecule is CC(=O)S[C@@]1(C)C(=O)N2C(c3ccc4c(c3)OCO4)[C@@](C)(C#N)C[C@]2(SC(C)=O)C(=O)N1C.CN1C(=O)[C@@]2(S)C[C@](C)(C#N)C(c3ccc4c(c3)OCO4)N2C(=O)[C@]1(C)S.CN1C(=O)[C@@]23C[C@](C)(C#N)C(c4ccc5c(c4)OCO5)N2C(=O)[C@]1(C)SC(=S)S3.Cc1ccc(C2N3C(=O)[C@@]4(C)C[C@@]3(C[C@]2(C)C#N)C(=O)N4C)cn1. The lowest BCUT2D eigenvalue weighted by Gasteiger charge is -2.52. The van der Waals surface area contributed by atoms with Gasteiger partial charge in [-0.25, -0.2) is 0 Å². The number of hydrogen-bond donors (Lipinski definition) is 2. The van der Waals surface area contributed by atoms with Crippen molar-refractivity contribution in [3.8, 4) is 58.8 Å². The fourth-order valence-electron chi connectivity index (χ4n) is 18.8. The predicted octanol–water partition coefficient (Wildman–Crippen LogP) is 9.06. The zero-order chi connectivity index (χ0) is 82.4. The molecule has 11 saturated heterocycles. The van der Waals surface area contributed by atoms with E-state index in [9.17, 15) is 69.0 Å². The Bertz CT molecular complexity index is 5150. The maximum Gasteiger partial charge on any atom is 0.261 e. The van der Waals surface area contributed by atoms with Crippen molar-refractivity contribution in [2.75, 3.05) is 48.6 Å². The molecule has 0 aliphatic carbocycles. The van der Waals surface area contributed by atoms with E-state index < -0.39 is 97.9 Å². The molecule has 3 aromatic carbocycles. The highest BCUT2D eigenvalue weighted by Crippen LogP contribution is 2.69.